The highest BCUT2D eigenvalue weighted by Gasteiger charge is 2.16. The summed E-state index contributed by atoms with van der Waals surface area (Å²) in [5.74, 6) is -0.468. The van der Waals surface area contributed by atoms with E-state index in [-0.39, 0.29) is 5.15 Å². The first-order valence-corrected chi connectivity index (χ1v) is 7.20. The Morgan fingerprint density at radius 2 is 2.44 bits per heavy atom. The van der Waals surface area contributed by atoms with Gasteiger partial charge in [-0.2, -0.15) is 0 Å². The smallest absolute Gasteiger partial charge is 0.351 e. The number of hydrogen-bond acceptors (Lipinski definition) is 7. The van der Waals surface area contributed by atoms with Crippen LogP contribution in [0.4, 0.5) is 5.13 Å². The second-order valence-electron chi connectivity index (χ2n) is 3.29. The van der Waals surface area contributed by atoms with Crippen LogP contribution in [0.3, 0.4) is 0 Å². The zero-order valence-corrected chi connectivity index (χ0v) is 11.9. The van der Waals surface area contributed by atoms with E-state index in [2.05, 4.69) is 20.0 Å². The predicted molar refractivity (Wildman–Crippen MR) is 72.8 cm³/mol. The number of nitrogens with one attached hydrogen (secondary N) is 1. The summed E-state index contributed by atoms with van der Waals surface area (Å²) in [7, 11) is 1.31. The fourth-order valence-corrected chi connectivity index (χ4v) is 2.98. The highest BCUT2D eigenvalue weighted by atomic mass is 35.5. The Hall–Kier alpha value is -1.18. The van der Waals surface area contributed by atoms with Gasteiger partial charge in [-0.15, -0.1) is 11.3 Å². The average Bonchev–Trinajstić information content (AvgIpc) is 2.98. The molecule has 0 unspecified atom stereocenters. The number of hydrogen-bond donors (Lipinski definition) is 1. The zero-order chi connectivity index (χ0) is 13.0. The van der Waals surface area contributed by atoms with E-state index in [4.69, 9.17) is 11.6 Å². The van der Waals surface area contributed by atoms with Crippen LogP contribution in [-0.2, 0) is 11.2 Å². The number of nitrogens with zero attached hydrogens (tertiary/aromatic N) is 2. The van der Waals surface area contributed by atoms with Crippen LogP contribution >= 0.6 is 34.3 Å². The fourth-order valence-electron chi connectivity index (χ4n) is 1.25. The summed E-state index contributed by atoms with van der Waals surface area (Å²) in [6.07, 6.45) is 0.800. The molecule has 0 saturated carbocycles. The van der Waals surface area contributed by atoms with Crippen molar-refractivity contribution in [3.8, 4) is 0 Å². The highest BCUT2D eigenvalue weighted by molar-refractivity contribution is 7.18. The van der Waals surface area contributed by atoms with Gasteiger partial charge in [0.25, 0.3) is 0 Å². The number of ether oxygens (including phenoxy) is 1. The van der Waals surface area contributed by atoms with Crippen LogP contribution in [-0.4, -0.2) is 29.6 Å². The Bertz CT molecular complexity index is 527. The summed E-state index contributed by atoms with van der Waals surface area (Å²) in [6, 6.07) is 0. The van der Waals surface area contributed by atoms with Crippen molar-refractivity contribution in [2.45, 2.75) is 6.42 Å². The van der Waals surface area contributed by atoms with Crippen LogP contribution in [0.25, 0.3) is 0 Å². The minimum absolute atomic E-state index is 0.169. The second-order valence-corrected chi connectivity index (χ2v) is 5.36. The van der Waals surface area contributed by atoms with Crippen LogP contribution in [0.2, 0.25) is 5.15 Å². The van der Waals surface area contributed by atoms with Crippen molar-refractivity contribution in [1.29, 1.82) is 0 Å². The third-order valence-electron chi connectivity index (χ3n) is 2.10. The van der Waals surface area contributed by atoms with E-state index in [1.54, 1.807) is 16.8 Å². The fraction of sp³-hybridized carbons (Fsp3) is 0.300. The third-order valence-corrected chi connectivity index (χ3v) is 4.11. The summed E-state index contributed by atoms with van der Waals surface area (Å²) in [6.45, 7) is 0.689. The standard InChI is InChI=1S/C10H10ClN3O2S2/c1-16-9(15)7-8(11)14-10(18-7)12-3-2-6-4-17-5-13-6/h4-5H,2-3H2,1H3,(H,12,14). The van der Waals surface area contributed by atoms with Gasteiger partial charge in [0.1, 0.15) is 0 Å². The summed E-state index contributed by atoms with van der Waals surface area (Å²) < 4.78 is 4.60. The number of rotatable bonds is 5. The third kappa shape index (κ3) is 3.18. The molecule has 18 heavy (non-hydrogen) atoms. The van der Waals surface area contributed by atoms with Crippen LogP contribution in [0.15, 0.2) is 10.9 Å². The SMILES string of the molecule is COC(=O)c1sc(NCCc2cscn2)nc1Cl. The highest BCUT2D eigenvalue weighted by Crippen LogP contribution is 2.27. The molecule has 0 radical (unpaired) electrons. The number of methoxy groups -OCH3 is 1. The lowest BCUT2D eigenvalue weighted by molar-refractivity contribution is 0.0606. The minimum Gasteiger partial charge on any atom is -0.465 e. The first kappa shape index (κ1) is 13.3. The normalized spacial score (nSPS) is 10.3. The lowest BCUT2D eigenvalue weighted by atomic mass is 10.3. The molecule has 1 N–H and O–H groups in total. The van der Waals surface area contributed by atoms with E-state index in [0.717, 1.165) is 12.1 Å². The van der Waals surface area contributed by atoms with E-state index < -0.39 is 5.97 Å². The molecule has 8 heteroatoms. The van der Waals surface area contributed by atoms with E-state index in [9.17, 15) is 4.79 Å². The lowest BCUT2D eigenvalue weighted by Crippen LogP contribution is -2.04. The van der Waals surface area contributed by atoms with Gasteiger partial charge in [-0.25, -0.2) is 14.8 Å². The molecule has 2 aromatic heterocycles. The molecule has 0 aliphatic rings. The second kappa shape index (κ2) is 6.12. The number of carbonyl (C=O) groups is 1. The summed E-state index contributed by atoms with van der Waals surface area (Å²) >= 11 is 8.59. The number of halogens is 1. The number of esters is 1. The minimum atomic E-state index is -0.468. The molecule has 0 aromatic carbocycles. The van der Waals surface area contributed by atoms with Crippen molar-refractivity contribution in [3.05, 3.63) is 26.6 Å². The number of aromatic nitrogens is 2. The molecule has 2 rings (SSSR count). The van der Waals surface area contributed by atoms with Gasteiger partial charge in [0.15, 0.2) is 15.2 Å². The van der Waals surface area contributed by atoms with E-state index in [1.165, 1.54) is 18.4 Å². The van der Waals surface area contributed by atoms with Gasteiger partial charge in [0.2, 0.25) is 0 Å². The maximum atomic E-state index is 11.3. The van der Waals surface area contributed by atoms with Gasteiger partial charge >= 0.3 is 5.97 Å². The van der Waals surface area contributed by atoms with Crippen LogP contribution in [0, 0.1) is 0 Å². The maximum Gasteiger partial charge on any atom is 0.351 e. The Labute approximate surface area is 117 Å². The molecule has 2 heterocycles. The monoisotopic (exact) mass is 303 g/mol. The Balaban J connectivity index is 1.92. The van der Waals surface area contributed by atoms with Crippen molar-refractivity contribution < 1.29 is 9.53 Å². The average molecular weight is 304 g/mol. The van der Waals surface area contributed by atoms with Crippen molar-refractivity contribution in [2.75, 3.05) is 19.0 Å². The molecule has 0 aliphatic heterocycles. The predicted octanol–water partition coefficient (Wildman–Crippen LogP) is 2.69. The molecule has 0 aliphatic carbocycles. The first-order chi connectivity index (χ1) is 8.70. The Morgan fingerprint density at radius 1 is 1.61 bits per heavy atom. The molecule has 0 saturated heterocycles. The molecule has 5 nitrogen and oxygen atoms in total. The molecule has 0 bridgehead atoms. The van der Waals surface area contributed by atoms with E-state index in [1.807, 2.05) is 5.38 Å². The molecule has 0 atom stereocenters. The van der Waals surface area contributed by atoms with Gasteiger partial charge < -0.3 is 10.1 Å². The van der Waals surface area contributed by atoms with Crippen molar-refractivity contribution in [3.63, 3.8) is 0 Å². The van der Waals surface area contributed by atoms with Gasteiger partial charge in [-0.1, -0.05) is 22.9 Å². The molecule has 0 amide bonds. The first-order valence-electron chi connectivity index (χ1n) is 5.06. The maximum absolute atomic E-state index is 11.3. The summed E-state index contributed by atoms with van der Waals surface area (Å²) in [4.78, 5) is 19.9. The molecule has 96 valence electrons. The lowest BCUT2D eigenvalue weighted by Gasteiger charge is -1.99. The molecule has 0 spiro atoms. The summed E-state index contributed by atoms with van der Waals surface area (Å²) in [5, 5.41) is 5.88. The Kier molecular flexibility index (Phi) is 4.51. The number of anilines is 1. The van der Waals surface area contributed by atoms with Crippen molar-refractivity contribution >= 4 is 45.4 Å². The Morgan fingerprint density at radius 3 is 3.11 bits per heavy atom. The van der Waals surface area contributed by atoms with Crippen LogP contribution < -0.4 is 5.32 Å². The van der Waals surface area contributed by atoms with Gasteiger partial charge in [-0.3, -0.25) is 0 Å². The van der Waals surface area contributed by atoms with Crippen molar-refractivity contribution in [2.24, 2.45) is 0 Å². The molecule has 2 aromatic rings. The number of carbonyl (C=O) groups excluding carboxylic acids is 1. The molecular formula is C10H10ClN3O2S2. The molecular weight excluding hydrogens is 294 g/mol. The van der Waals surface area contributed by atoms with E-state index >= 15 is 0 Å². The van der Waals surface area contributed by atoms with E-state index in [0.29, 0.717) is 16.6 Å². The van der Waals surface area contributed by atoms with Crippen LogP contribution in [0.5, 0.6) is 0 Å². The quantitative estimate of drug-likeness (QED) is 0.860. The van der Waals surface area contributed by atoms with Gasteiger partial charge in [-0.05, 0) is 0 Å². The summed E-state index contributed by atoms with van der Waals surface area (Å²) in [5.41, 5.74) is 2.83. The van der Waals surface area contributed by atoms with Crippen molar-refractivity contribution in [1.82, 2.24) is 9.97 Å². The van der Waals surface area contributed by atoms with Gasteiger partial charge in [0, 0.05) is 18.3 Å². The zero-order valence-electron chi connectivity index (χ0n) is 9.47. The largest absolute Gasteiger partial charge is 0.465 e. The molecule has 0 fully saturated rings. The van der Waals surface area contributed by atoms with Crippen LogP contribution in [0.1, 0.15) is 15.4 Å². The number of thiazole rings is 2. The van der Waals surface area contributed by atoms with Gasteiger partial charge in [0.05, 0.1) is 18.3 Å². The topological polar surface area (TPSA) is 64.1 Å².